The molecule has 0 radical (unpaired) electrons. The largest absolute Gasteiger partial charge is 0.464 e. The molecule has 0 bridgehead atoms. The molecular weight excluding hydrogens is 260 g/mol. The van der Waals surface area contributed by atoms with Crippen molar-refractivity contribution in [2.24, 2.45) is 0 Å². The van der Waals surface area contributed by atoms with Gasteiger partial charge in [0.1, 0.15) is 18.2 Å². The lowest BCUT2D eigenvalue weighted by atomic mass is 10.4. The number of likely N-dealkylation sites (tertiary alicyclic amines) is 1. The van der Waals surface area contributed by atoms with Gasteiger partial charge in [0.2, 0.25) is 5.91 Å². The molecule has 1 aromatic rings. The lowest BCUT2D eigenvalue weighted by Crippen LogP contribution is -2.31. The van der Waals surface area contributed by atoms with Gasteiger partial charge in [-0.1, -0.05) is 6.92 Å². The van der Waals surface area contributed by atoms with E-state index < -0.39 is 5.97 Å². The molecule has 0 aliphatic carbocycles. The Morgan fingerprint density at radius 3 is 2.55 bits per heavy atom. The van der Waals surface area contributed by atoms with Crippen LogP contribution < -0.4 is 5.73 Å². The number of carbonyl (C=O) groups excluding carboxylic acids is 2. The van der Waals surface area contributed by atoms with Crippen LogP contribution in [0.15, 0.2) is 0 Å². The summed E-state index contributed by atoms with van der Waals surface area (Å²) < 4.78 is 6.25. The first kappa shape index (κ1) is 14.4. The summed E-state index contributed by atoms with van der Waals surface area (Å²) in [6, 6.07) is 0. The molecule has 0 atom stereocenters. The van der Waals surface area contributed by atoms with Crippen LogP contribution in [0.1, 0.15) is 36.1 Å². The predicted molar refractivity (Wildman–Crippen MR) is 73.2 cm³/mol. The molecule has 7 nitrogen and oxygen atoms in total. The third-order valence-corrected chi connectivity index (χ3v) is 3.53. The summed E-state index contributed by atoms with van der Waals surface area (Å²) in [5.74, 6) is 0.249. The molecule has 7 heteroatoms. The molecule has 1 aliphatic rings. The van der Waals surface area contributed by atoms with E-state index in [-0.39, 0.29) is 24.0 Å². The number of methoxy groups -OCH3 is 1. The van der Waals surface area contributed by atoms with Gasteiger partial charge in [-0.3, -0.25) is 4.79 Å². The number of hydrogen-bond acceptors (Lipinski definition) is 5. The van der Waals surface area contributed by atoms with Crippen LogP contribution in [-0.4, -0.2) is 46.5 Å². The first-order valence-corrected chi connectivity index (χ1v) is 6.79. The summed E-state index contributed by atoms with van der Waals surface area (Å²) in [6.07, 6.45) is 2.67. The highest BCUT2D eigenvalue weighted by molar-refractivity contribution is 5.92. The van der Waals surface area contributed by atoms with Gasteiger partial charge in [-0.15, -0.1) is 0 Å². The molecule has 0 spiro atoms. The second-order valence-corrected chi connectivity index (χ2v) is 4.78. The Hall–Kier alpha value is -2.05. The lowest BCUT2D eigenvalue weighted by molar-refractivity contribution is -0.130. The number of imidazole rings is 1. The average Bonchev–Trinajstić information content (AvgIpc) is 3.08. The van der Waals surface area contributed by atoms with Gasteiger partial charge in [-0.05, 0) is 12.8 Å². The minimum absolute atomic E-state index is 0.0118. The van der Waals surface area contributed by atoms with Crippen molar-refractivity contribution in [3.8, 4) is 0 Å². The van der Waals surface area contributed by atoms with E-state index in [1.54, 1.807) is 4.57 Å². The monoisotopic (exact) mass is 280 g/mol. The van der Waals surface area contributed by atoms with Crippen LogP contribution in [0.4, 0.5) is 5.82 Å². The zero-order chi connectivity index (χ0) is 14.7. The van der Waals surface area contributed by atoms with Crippen molar-refractivity contribution in [1.29, 1.82) is 0 Å². The maximum atomic E-state index is 12.2. The molecule has 1 fully saturated rings. The molecule has 2 heterocycles. The van der Waals surface area contributed by atoms with Gasteiger partial charge in [0, 0.05) is 19.5 Å². The Kier molecular flexibility index (Phi) is 4.26. The van der Waals surface area contributed by atoms with E-state index in [0.29, 0.717) is 12.2 Å². The normalized spacial score (nSPS) is 14.6. The number of nitrogens with two attached hydrogens (primary N) is 1. The fourth-order valence-corrected chi connectivity index (χ4v) is 2.41. The van der Waals surface area contributed by atoms with E-state index >= 15 is 0 Å². The molecule has 1 saturated heterocycles. The predicted octanol–water partition coefficient (Wildman–Crippen LogP) is 0.437. The molecule has 0 unspecified atom stereocenters. The van der Waals surface area contributed by atoms with Gasteiger partial charge in [0.25, 0.3) is 0 Å². The zero-order valence-electron chi connectivity index (χ0n) is 11.9. The topological polar surface area (TPSA) is 90.4 Å². The summed E-state index contributed by atoms with van der Waals surface area (Å²) in [5.41, 5.74) is 6.01. The van der Waals surface area contributed by atoms with Crippen LogP contribution in [0.5, 0.6) is 0 Å². The maximum absolute atomic E-state index is 12.2. The van der Waals surface area contributed by atoms with Gasteiger partial charge in [-0.2, -0.15) is 0 Å². The van der Waals surface area contributed by atoms with E-state index in [1.807, 2.05) is 11.8 Å². The third kappa shape index (κ3) is 2.61. The molecule has 1 amide bonds. The van der Waals surface area contributed by atoms with Crippen molar-refractivity contribution in [2.75, 3.05) is 25.9 Å². The van der Waals surface area contributed by atoms with Crippen LogP contribution >= 0.6 is 0 Å². The van der Waals surface area contributed by atoms with E-state index in [1.165, 1.54) is 7.11 Å². The molecule has 2 rings (SSSR count). The number of aromatic nitrogens is 2. The second-order valence-electron chi connectivity index (χ2n) is 4.78. The average molecular weight is 280 g/mol. The van der Waals surface area contributed by atoms with Crippen LogP contribution in [0.2, 0.25) is 0 Å². The Labute approximate surface area is 117 Å². The number of anilines is 1. The van der Waals surface area contributed by atoms with E-state index in [0.717, 1.165) is 25.9 Å². The Morgan fingerprint density at radius 2 is 2.00 bits per heavy atom. The highest BCUT2D eigenvalue weighted by atomic mass is 16.5. The maximum Gasteiger partial charge on any atom is 0.360 e. The highest BCUT2D eigenvalue weighted by Crippen LogP contribution is 2.17. The van der Waals surface area contributed by atoms with Crippen LogP contribution in [0, 0.1) is 0 Å². The SMILES string of the molecule is CCc1nc(C(=O)OC)c(N)n1CC(=O)N1CCCC1. The van der Waals surface area contributed by atoms with E-state index in [9.17, 15) is 9.59 Å². The minimum atomic E-state index is -0.579. The van der Waals surface area contributed by atoms with Crippen LogP contribution in [-0.2, 0) is 22.5 Å². The number of ether oxygens (including phenoxy) is 1. The number of nitrogen functional groups attached to an aromatic ring is 1. The minimum Gasteiger partial charge on any atom is -0.464 e. The molecule has 1 aliphatic heterocycles. The zero-order valence-corrected chi connectivity index (χ0v) is 11.9. The van der Waals surface area contributed by atoms with Crippen molar-refractivity contribution in [2.45, 2.75) is 32.7 Å². The number of carbonyl (C=O) groups is 2. The van der Waals surface area contributed by atoms with Crippen LogP contribution in [0.25, 0.3) is 0 Å². The molecule has 1 aromatic heterocycles. The molecular formula is C13H20N4O3. The number of amides is 1. The fourth-order valence-electron chi connectivity index (χ4n) is 2.41. The highest BCUT2D eigenvalue weighted by Gasteiger charge is 2.24. The molecule has 20 heavy (non-hydrogen) atoms. The fraction of sp³-hybridized carbons (Fsp3) is 0.615. The number of hydrogen-bond donors (Lipinski definition) is 1. The standard InChI is InChI=1S/C13H20N4O3/c1-3-9-15-11(13(19)20-2)12(14)17(9)8-10(18)16-6-4-5-7-16/h3-8,14H2,1-2H3. The van der Waals surface area contributed by atoms with Crippen molar-refractivity contribution >= 4 is 17.7 Å². The van der Waals surface area contributed by atoms with E-state index in [2.05, 4.69) is 9.72 Å². The first-order chi connectivity index (χ1) is 9.58. The summed E-state index contributed by atoms with van der Waals surface area (Å²) in [6.45, 7) is 3.61. The van der Waals surface area contributed by atoms with Crippen molar-refractivity contribution < 1.29 is 14.3 Å². The van der Waals surface area contributed by atoms with E-state index in [4.69, 9.17) is 5.73 Å². The summed E-state index contributed by atoms with van der Waals surface area (Å²) >= 11 is 0. The van der Waals surface area contributed by atoms with Gasteiger partial charge < -0.3 is 19.9 Å². The summed E-state index contributed by atoms with van der Waals surface area (Å²) in [7, 11) is 1.28. The van der Waals surface area contributed by atoms with Crippen molar-refractivity contribution in [1.82, 2.24) is 14.5 Å². The Bertz CT molecular complexity index is 518. The van der Waals surface area contributed by atoms with Gasteiger partial charge in [-0.25, -0.2) is 9.78 Å². The smallest absolute Gasteiger partial charge is 0.360 e. The molecule has 0 aromatic carbocycles. The number of nitrogens with zero attached hydrogens (tertiary/aromatic N) is 3. The second kappa shape index (κ2) is 5.94. The number of rotatable bonds is 4. The van der Waals surface area contributed by atoms with Gasteiger partial charge in [0.15, 0.2) is 5.69 Å². The van der Waals surface area contributed by atoms with Crippen molar-refractivity contribution in [3.05, 3.63) is 11.5 Å². The van der Waals surface area contributed by atoms with Crippen molar-refractivity contribution in [3.63, 3.8) is 0 Å². The Morgan fingerprint density at radius 1 is 1.35 bits per heavy atom. The molecule has 2 N–H and O–H groups in total. The van der Waals surface area contributed by atoms with Gasteiger partial charge in [0.05, 0.1) is 7.11 Å². The van der Waals surface area contributed by atoms with Crippen LogP contribution in [0.3, 0.4) is 0 Å². The number of aryl methyl sites for hydroxylation is 1. The van der Waals surface area contributed by atoms with Gasteiger partial charge >= 0.3 is 5.97 Å². The summed E-state index contributed by atoms with van der Waals surface area (Å²) in [5, 5.41) is 0. The lowest BCUT2D eigenvalue weighted by Gasteiger charge is -2.17. The molecule has 110 valence electrons. The third-order valence-electron chi connectivity index (χ3n) is 3.53. The first-order valence-electron chi connectivity index (χ1n) is 6.79. The molecule has 0 saturated carbocycles. The number of esters is 1. The summed E-state index contributed by atoms with van der Waals surface area (Å²) in [4.78, 5) is 29.8. The quantitative estimate of drug-likeness (QED) is 0.808. The Balaban J connectivity index is 2.23.